The molecule has 0 spiro atoms. The van der Waals surface area contributed by atoms with Crippen LogP contribution in [0.1, 0.15) is 15.9 Å². The maximum Gasteiger partial charge on any atom is 0.259 e. The maximum atomic E-state index is 13.3. The van der Waals surface area contributed by atoms with Gasteiger partial charge in [0, 0.05) is 0 Å². The van der Waals surface area contributed by atoms with Gasteiger partial charge < -0.3 is 5.32 Å². The lowest BCUT2D eigenvalue weighted by Gasteiger charge is -2.04. The van der Waals surface area contributed by atoms with Crippen molar-refractivity contribution in [2.24, 2.45) is 0 Å². The number of nitriles is 1. The number of nitrogens with one attached hydrogen (secondary N) is 2. The van der Waals surface area contributed by atoms with Crippen LogP contribution in [0.4, 0.5) is 14.6 Å². The summed E-state index contributed by atoms with van der Waals surface area (Å²) in [6, 6.07) is 5.04. The van der Waals surface area contributed by atoms with Crippen molar-refractivity contribution < 1.29 is 13.6 Å². The highest BCUT2D eigenvalue weighted by Crippen LogP contribution is 2.15. The molecule has 2 aromatic rings. The molecule has 0 aliphatic heterocycles. The monoisotopic (exact) mass is 248 g/mol. The van der Waals surface area contributed by atoms with Gasteiger partial charge in [0.1, 0.15) is 17.5 Å². The molecule has 7 heteroatoms. The van der Waals surface area contributed by atoms with Crippen LogP contribution in [0.5, 0.6) is 0 Å². The van der Waals surface area contributed by atoms with Crippen LogP contribution in [0.25, 0.3) is 0 Å². The van der Waals surface area contributed by atoms with Gasteiger partial charge in [-0.2, -0.15) is 10.4 Å². The number of benzene rings is 1. The van der Waals surface area contributed by atoms with Crippen LogP contribution in [-0.4, -0.2) is 16.1 Å². The molecular weight excluding hydrogens is 242 g/mol. The first-order valence-corrected chi connectivity index (χ1v) is 4.82. The van der Waals surface area contributed by atoms with Crippen LogP contribution in [0.15, 0.2) is 24.4 Å². The second-order valence-corrected chi connectivity index (χ2v) is 3.33. The lowest BCUT2D eigenvalue weighted by molar-refractivity contribution is 0.102. The summed E-state index contributed by atoms with van der Waals surface area (Å²) in [5.41, 5.74) is -0.353. The van der Waals surface area contributed by atoms with Gasteiger partial charge in [-0.25, -0.2) is 8.78 Å². The Kier molecular flexibility index (Phi) is 3.02. The van der Waals surface area contributed by atoms with E-state index in [-0.39, 0.29) is 11.4 Å². The third kappa shape index (κ3) is 2.04. The zero-order valence-corrected chi connectivity index (χ0v) is 8.87. The predicted molar refractivity (Wildman–Crippen MR) is 57.6 cm³/mol. The molecule has 0 radical (unpaired) electrons. The highest BCUT2D eigenvalue weighted by molar-refractivity contribution is 6.04. The first-order chi connectivity index (χ1) is 8.63. The van der Waals surface area contributed by atoms with E-state index in [0.717, 1.165) is 12.1 Å². The highest BCUT2D eigenvalue weighted by atomic mass is 19.2. The summed E-state index contributed by atoms with van der Waals surface area (Å²) in [7, 11) is 0. The van der Waals surface area contributed by atoms with Crippen molar-refractivity contribution >= 4 is 11.7 Å². The standard InChI is InChI=1S/C11H6F2N4O/c12-8-3-1-2-7(9(8)13)11(18)16-10-6(4-14)5-15-17-10/h1-3,5H,(H2,15,16,17,18). The molecular formula is C11H6F2N4O. The fourth-order valence-electron chi connectivity index (χ4n) is 1.33. The smallest absolute Gasteiger partial charge is 0.259 e. The van der Waals surface area contributed by atoms with E-state index in [1.165, 1.54) is 12.3 Å². The number of H-pyrrole nitrogens is 1. The summed E-state index contributed by atoms with van der Waals surface area (Å²) in [6.07, 6.45) is 1.21. The summed E-state index contributed by atoms with van der Waals surface area (Å²) in [6.45, 7) is 0. The van der Waals surface area contributed by atoms with Crippen molar-refractivity contribution in [1.29, 1.82) is 5.26 Å². The molecule has 90 valence electrons. The Morgan fingerprint density at radius 3 is 2.94 bits per heavy atom. The third-order valence-corrected chi connectivity index (χ3v) is 2.19. The van der Waals surface area contributed by atoms with Crippen LogP contribution in [0.3, 0.4) is 0 Å². The van der Waals surface area contributed by atoms with Gasteiger partial charge in [0.25, 0.3) is 5.91 Å². The number of halogens is 2. The average Bonchev–Trinajstić information content (AvgIpc) is 2.79. The molecule has 1 aromatic carbocycles. The fraction of sp³-hybridized carbons (Fsp3) is 0. The van der Waals surface area contributed by atoms with Crippen LogP contribution >= 0.6 is 0 Å². The van der Waals surface area contributed by atoms with E-state index in [1.807, 2.05) is 0 Å². The first kappa shape index (κ1) is 11.7. The van der Waals surface area contributed by atoms with E-state index < -0.39 is 23.1 Å². The van der Waals surface area contributed by atoms with Crippen molar-refractivity contribution in [1.82, 2.24) is 10.2 Å². The van der Waals surface area contributed by atoms with E-state index >= 15 is 0 Å². The quantitative estimate of drug-likeness (QED) is 0.850. The molecule has 1 amide bonds. The van der Waals surface area contributed by atoms with Crippen molar-refractivity contribution in [2.75, 3.05) is 5.32 Å². The fourth-order valence-corrected chi connectivity index (χ4v) is 1.33. The molecule has 0 bridgehead atoms. The summed E-state index contributed by atoms with van der Waals surface area (Å²) >= 11 is 0. The van der Waals surface area contributed by atoms with E-state index in [2.05, 4.69) is 15.5 Å². The maximum absolute atomic E-state index is 13.3. The Hall–Kier alpha value is -2.75. The third-order valence-electron chi connectivity index (χ3n) is 2.19. The van der Waals surface area contributed by atoms with Crippen LogP contribution < -0.4 is 5.32 Å². The molecule has 0 saturated heterocycles. The summed E-state index contributed by atoms with van der Waals surface area (Å²) in [5.74, 6) is -3.19. The topological polar surface area (TPSA) is 81.6 Å². The Labute approximate surface area is 100 Å². The van der Waals surface area contributed by atoms with Crippen LogP contribution in [0, 0.1) is 23.0 Å². The van der Waals surface area contributed by atoms with Gasteiger partial charge in [-0.1, -0.05) is 6.07 Å². The number of anilines is 1. The molecule has 1 aromatic heterocycles. The van der Waals surface area contributed by atoms with E-state index in [0.29, 0.717) is 0 Å². The van der Waals surface area contributed by atoms with Gasteiger partial charge in [-0.3, -0.25) is 9.89 Å². The van der Waals surface area contributed by atoms with Crippen molar-refractivity contribution in [2.45, 2.75) is 0 Å². The molecule has 0 aliphatic rings. The number of nitrogens with zero attached hydrogens (tertiary/aromatic N) is 2. The zero-order chi connectivity index (χ0) is 13.1. The number of amides is 1. The zero-order valence-electron chi connectivity index (χ0n) is 8.87. The Balaban J connectivity index is 2.29. The molecule has 2 N–H and O–H groups in total. The number of hydrogen-bond donors (Lipinski definition) is 2. The lowest BCUT2D eigenvalue weighted by atomic mass is 10.2. The summed E-state index contributed by atoms with van der Waals surface area (Å²) < 4.78 is 26.3. The average molecular weight is 248 g/mol. The van der Waals surface area contributed by atoms with Gasteiger partial charge in [-0.15, -0.1) is 0 Å². The molecule has 18 heavy (non-hydrogen) atoms. The summed E-state index contributed by atoms with van der Waals surface area (Å²) in [5, 5.41) is 16.9. The van der Waals surface area contributed by atoms with Gasteiger partial charge in [0.05, 0.1) is 11.8 Å². The Bertz CT molecular complexity index is 645. The largest absolute Gasteiger partial charge is 0.306 e. The minimum atomic E-state index is -1.24. The number of carbonyl (C=O) groups is 1. The number of aromatic nitrogens is 2. The number of rotatable bonds is 2. The molecule has 0 saturated carbocycles. The second-order valence-electron chi connectivity index (χ2n) is 3.33. The lowest BCUT2D eigenvalue weighted by Crippen LogP contribution is -2.15. The molecule has 0 atom stereocenters. The molecule has 0 unspecified atom stereocenters. The Morgan fingerprint density at radius 2 is 2.22 bits per heavy atom. The molecule has 5 nitrogen and oxygen atoms in total. The second kappa shape index (κ2) is 4.63. The van der Waals surface area contributed by atoms with E-state index in [9.17, 15) is 13.6 Å². The van der Waals surface area contributed by atoms with Crippen LogP contribution in [-0.2, 0) is 0 Å². The minimum absolute atomic E-state index is 0.0335. The number of aromatic amines is 1. The van der Waals surface area contributed by atoms with Crippen molar-refractivity contribution in [3.8, 4) is 6.07 Å². The molecule has 2 rings (SSSR count). The van der Waals surface area contributed by atoms with Gasteiger partial charge in [-0.05, 0) is 12.1 Å². The normalized spacial score (nSPS) is 9.83. The number of hydrogen-bond acceptors (Lipinski definition) is 3. The molecule has 0 fully saturated rings. The molecule has 1 heterocycles. The SMILES string of the molecule is N#Cc1cn[nH]c1NC(=O)c1cccc(F)c1F. The Morgan fingerprint density at radius 1 is 1.44 bits per heavy atom. The van der Waals surface area contributed by atoms with Gasteiger partial charge in [0.2, 0.25) is 0 Å². The minimum Gasteiger partial charge on any atom is -0.306 e. The van der Waals surface area contributed by atoms with E-state index in [4.69, 9.17) is 5.26 Å². The highest BCUT2D eigenvalue weighted by Gasteiger charge is 2.16. The van der Waals surface area contributed by atoms with Crippen LogP contribution in [0.2, 0.25) is 0 Å². The van der Waals surface area contributed by atoms with Gasteiger partial charge >= 0.3 is 0 Å². The predicted octanol–water partition coefficient (Wildman–Crippen LogP) is 1.81. The first-order valence-electron chi connectivity index (χ1n) is 4.82. The van der Waals surface area contributed by atoms with E-state index in [1.54, 1.807) is 6.07 Å². The van der Waals surface area contributed by atoms with Gasteiger partial charge in [0.15, 0.2) is 11.6 Å². The molecule has 0 aliphatic carbocycles. The number of carbonyl (C=O) groups excluding carboxylic acids is 1. The van der Waals surface area contributed by atoms with Crippen molar-refractivity contribution in [3.05, 3.63) is 47.2 Å². The van der Waals surface area contributed by atoms with Crippen molar-refractivity contribution in [3.63, 3.8) is 0 Å². The summed E-state index contributed by atoms with van der Waals surface area (Å²) in [4.78, 5) is 11.7.